The van der Waals surface area contributed by atoms with E-state index in [2.05, 4.69) is 5.32 Å². The summed E-state index contributed by atoms with van der Waals surface area (Å²) >= 11 is 1.61. The molecule has 1 fully saturated rings. The Balaban J connectivity index is 2.07. The smallest absolute Gasteiger partial charge is 0.328 e. The minimum Gasteiger partial charge on any atom is -0.467 e. The molecule has 1 unspecified atom stereocenters. The molecule has 172 valence electrons. The van der Waals surface area contributed by atoms with Gasteiger partial charge < -0.3 is 20.7 Å². The van der Waals surface area contributed by atoms with Crippen LogP contribution in [-0.4, -0.2) is 85.0 Å². The van der Waals surface area contributed by atoms with Crippen molar-refractivity contribution in [3.05, 3.63) is 35.9 Å². The zero-order valence-corrected chi connectivity index (χ0v) is 19.2. The second-order valence-electron chi connectivity index (χ2n) is 7.67. The topological polar surface area (TPSA) is 105 Å². The zero-order chi connectivity index (χ0) is 22.6. The lowest BCUT2D eigenvalue weighted by Gasteiger charge is -2.31. The van der Waals surface area contributed by atoms with Crippen LogP contribution in [0.2, 0.25) is 0 Å². The van der Waals surface area contributed by atoms with Crippen LogP contribution in [0, 0.1) is 0 Å². The molecule has 1 aliphatic rings. The molecule has 2 rings (SSSR count). The normalized spacial score (nSPS) is 16.9. The van der Waals surface area contributed by atoms with Gasteiger partial charge in [-0.15, -0.1) is 0 Å². The predicted octanol–water partition coefficient (Wildman–Crippen LogP) is 0.849. The number of benzene rings is 1. The van der Waals surface area contributed by atoms with Gasteiger partial charge in [0.05, 0.1) is 20.2 Å². The molecule has 0 aliphatic carbocycles. The van der Waals surface area contributed by atoms with Crippen LogP contribution in [-0.2, 0) is 25.7 Å². The Morgan fingerprint density at radius 1 is 1.32 bits per heavy atom. The van der Waals surface area contributed by atoms with E-state index in [1.807, 2.05) is 46.4 Å². The average Bonchev–Trinajstić information content (AvgIpc) is 3.24. The van der Waals surface area contributed by atoms with Gasteiger partial charge in [0, 0.05) is 25.7 Å². The third kappa shape index (κ3) is 8.16. The van der Waals surface area contributed by atoms with E-state index in [-0.39, 0.29) is 30.9 Å². The summed E-state index contributed by atoms with van der Waals surface area (Å²) in [4.78, 5) is 40.9. The van der Waals surface area contributed by atoms with Crippen molar-refractivity contribution in [2.24, 2.45) is 5.73 Å². The number of esters is 1. The molecule has 0 radical (unpaired) electrons. The average molecular weight is 451 g/mol. The van der Waals surface area contributed by atoms with Gasteiger partial charge in [0.1, 0.15) is 6.04 Å². The summed E-state index contributed by atoms with van der Waals surface area (Å²) in [7, 11) is 1.32. The third-order valence-electron chi connectivity index (χ3n) is 5.39. The Bertz CT molecular complexity index is 719. The van der Waals surface area contributed by atoms with Gasteiger partial charge in [-0.25, -0.2) is 4.79 Å². The highest BCUT2D eigenvalue weighted by atomic mass is 32.2. The quantitative estimate of drug-likeness (QED) is 0.455. The number of nitrogens with one attached hydrogen (secondary N) is 1. The largest absolute Gasteiger partial charge is 0.467 e. The van der Waals surface area contributed by atoms with E-state index in [1.54, 1.807) is 11.8 Å². The van der Waals surface area contributed by atoms with E-state index in [1.165, 1.54) is 7.11 Å². The minimum atomic E-state index is -0.662. The van der Waals surface area contributed by atoms with Crippen LogP contribution in [0.15, 0.2) is 30.3 Å². The first-order valence-electron chi connectivity index (χ1n) is 10.6. The number of carbonyl (C=O) groups excluding carboxylic acids is 3. The number of ether oxygens (including phenoxy) is 1. The van der Waals surface area contributed by atoms with Crippen molar-refractivity contribution in [2.45, 2.75) is 37.9 Å². The second kappa shape index (κ2) is 13.3. The van der Waals surface area contributed by atoms with Crippen LogP contribution in [0.5, 0.6) is 0 Å². The van der Waals surface area contributed by atoms with Crippen molar-refractivity contribution >= 4 is 29.5 Å². The van der Waals surface area contributed by atoms with Gasteiger partial charge >= 0.3 is 5.97 Å². The summed E-state index contributed by atoms with van der Waals surface area (Å²) in [6, 6.07) is 9.26. The SMILES string of the molecule is COC(=O)C(CCSC)NC(=O)CN(Cc1ccccc1)C[C@@H]1CCCN1C(=O)CN. The van der Waals surface area contributed by atoms with Crippen LogP contribution < -0.4 is 11.1 Å². The number of hydrogen-bond acceptors (Lipinski definition) is 7. The summed E-state index contributed by atoms with van der Waals surface area (Å²) in [6.07, 6.45) is 4.28. The van der Waals surface area contributed by atoms with Crippen LogP contribution in [0.1, 0.15) is 24.8 Å². The van der Waals surface area contributed by atoms with E-state index in [0.717, 1.165) is 24.2 Å². The monoisotopic (exact) mass is 450 g/mol. The van der Waals surface area contributed by atoms with Crippen molar-refractivity contribution in [3.63, 3.8) is 0 Å². The molecule has 0 saturated carbocycles. The highest BCUT2D eigenvalue weighted by Crippen LogP contribution is 2.19. The molecule has 1 aliphatic heterocycles. The van der Waals surface area contributed by atoms with E-state index < -0.39 is 12.0 Å². The van der Waals surface area contributed by atoms with E-state index in [9.17, 15) is 14.4 Å². The first kappa shape index (κ1) is 25.2. The van der Waals surface area contributed by atoms with E-state index in [0.29, 0.717) is 26.1 Å². The molecule has 8 nitrogen and oxygen atoms in total. The predicted molar refractivity (Wildman–Crippen MR) is 122 cm³/mol. The molecule has 31 heavy (non-hydrogen) atoms. The van der Waals surface area contributed by atoms with Gasteiger partial charge in [-0.05, 0) is 36.8 Å². The molecule has 2 atom stereocenters. The van der Waals surface area contributed by atoms with Crippen LogP contribution in [0.3, 0.4) is 0 Å². The maximum atomic E-state index is 12.8. The number of thioether (sulfide) groups is 1. The van der Waals surface area contributed by atoms with Gasteiger partial charge in [0.25, 0.3) is 0 Å². The number of rotatable bonds is 12. The van der Waals surface area contributed by atoms with Crippen LogP contribution in [0.25, 0.3) is 0 Å². The summed E-state index contributed by atoms with van der Waals surface area (Å²) in [5.41, 5.74) is 6.65. The van der Waals surface area contributed by atoms with E-state index >= 15 is 0 Å². The summed E-state index contributed by atoms with van der Waals surface area (Å²) in [5, 5.41) is 2.82. The standard InChI is InChI=1S/C22H34N4O4S/c1-30-22(29)19(10-12-31-2)24-20(27)16-25(14-17-7-4-3-5-8-17)15-18-9-6-11-26(18)21(28)13-23/h3-5,7-8,18-19H,6,9-16,23H2,1-2H3,(H,24,27)/t18-,19?/m0/s1. The number of methoxy groups -OCH3 is 1. The molecule has 0 bridgehead atoms. The third-order valence-corrected chi connectivity index (χ3v) is 6.03. The maximum Gasteiger partial charge on any atom is 0.328 e. The molecule has 0 spiro atoms. The molecule has 1 heterocycles. The summed E-state index contributed by atoms with van der Waals surface area (Å²) in [5.74, 6) is 0.00975. The number of nitrogens with two attached hydrogens (primary N) is 1. The fourth-order valence-electron chi connectivity index (χ4n) is 3.87. The van der Waals surface area contributed by atoms with Gasteiger partial charge in [0.15, 0.2) is 0 Å². The Morgan fingerprint density at radius 2 is 2.06 bits per heavy atom. The molecular weight excluding hydrogens is 416 g/mol. The maximum absolute atomic E-state index is 12.8. The number of amides is 2. The lowest BCUT2D eigenvalue weighted by molar-refractivity contribution is -0.145. The Labute approximate surface area is 188 Å². The van der Waals surface area contributed by atoms with Crippen molar-refractivity contribution in [3.8, 4) is 0 Å². The minimum absolute atomic E-state index is 0.00801. The Morgan fingerprint density at radius 3 is 2.71 bits per heavy atom. The van der Waals surface area contributed by atoms with Crippen molar-refractivity contribution in [1.29, 1.82) is 0 Å². The molecular formula is C22H34N4O4S. The highest BCUT2D eigenvalue weighted by Gasteiger charge is 2.30. The molecule has 1 aromatic rings. The second-order valence-corrected chi connectivity index (χ2v) is 8.65. The first-order valence-corrected chi connectivity index (χ1v) is 12.0. The molecule has 1 saturated heterocycles. The fraction of sp³-hybridized carbons (Fsp3) is 0.591. The van der Waals surface area contributed by atoms with Crippen molar-refractivity contribution < 1.29 is 19.1 Å². The van der Waals surface area contributed by atoms with Gasteiger partial charge in [-0.3, -0.25) is 14.5 Å². The van der Waals surface area contributed by atoms with E-state index in [4.69, 9.17) is 10.5 Å². The molecule has 9 heteroatoms. The lowest BCUT2D eigenvalue weighted by Crippen LogP contribution is -2.49. The van der Waals surface area contributed by atoms with Crippen molar-refractivity contribution in [1.82, 2.24) is 15.1 Å². The summed E-state index contributed by atoms with van der Waals surface area (Å²) in [6.45, 7) is 1.96. The van der Waals surface area contributed by atoms with Crippen molar-refractivity contribution in [2.75, 3.05) is 45.3 Å². The Kier molecular flexibility index (Phi) is 10.8. The van der Waals surface area contributed by atoms with Crippen LogP contribution in [0.4, 0.5) is 0 Å². The fourth-order valence-corrected chi connectivity index (χ4v) is 4.34. The highest BCUT2D eigenvalue weighted by molar-refractivity contribution is 7.98. The number of likely N-dealkylation sites (tertiary alicyclic amines) is 1. The zero-order valence-electron chi connectivity index (χ0n) is 18.4. The Hall–Kier alpha value is -2.10. The van der Waals surface area contributed by atoms with Gasteiger partial charge in [-0.1, -0.05) is 30.3 Å². The first-order chi connectivity index (χ1) is 15.0. The number of carbonyl (C=O) groups is 3. The molecule has 0 aromatic heterocycles. The van der Waals surface area contributed by atoms with Gasteiger partial charge in [-0.2, -0.15) is 11.8 Å². The number of hydrogen-bond donors (Lipinski definition) is 2. The van der Waals surface area contributed by atoms with Gasteiger partial charge in [0.2, 0.25) is 11.8 Å². The lowest BCUT2D eigenvalue weighted by atomic mass is 10.1. The number of nitrogens with zero attached hydrogens (tertiary/aromatic N) is 2. The molecule has 2 amide bonds. The molecule has 3 N–H and O–H groups in total. The summed E-state index contributed by atoms with van der Waals surface area (Å²) < 4.78 is 4.84. The molecule has 1 aromatic carbocycles. The van der Waals surface area contributed by atoms with Crippen LogP contribution >= 0.6 is 11.8 Å².